The van der Waals surface area contributed by atoms with Crippen LogP contribution in [0, 0.1) is 0 Å². The van der Waals surface area contributed by atoms with E-state index in [4.69, 9.17) is 19.9 Å². The van der Waals surface area contributed by atoms with Gasteiger partial charge in [-0.05, 0) is 74.3 Å². The molecule has 0 unspecified atom stereocenters. The van der Waals surface area contributed by atoms with Crippen LogP contribution in [-0.4, -0.2) is 34.7 Å². The van der Waals surface area contributed by atoms with Crippen LogP contribution >= 0.6 is 0 Å². The Balaban J connectivity index is 0.00000860. The summed E-state index contributed by atoms with van der Waals surface area (Å²) < 4.78 is 168. The molecule has 0 N–H and O–H groups in total. The van der Waals surface area contributed by atoms with Crippen molar-refractivity contribution in [2.75, 3.05) is 0 Å². The number of halogens is 12. The van der Waals surface area contributed by atoms with Gasteiger partial charge < -0.3 is 9.97 Å². The molecule has 0 aliphatic carbocycles. The van der Waals surface area contributed by atoms with Crippen LogP contribution in [0.25, 0.3) is 91.4 Å². The Bertz CT molecular complexity index is 3100. The topological polar surface area (TPSA) is 69.5 Å². The first-order valence-electron chi connectivity index (χ1n) is 26.5. The van der Waals surface area contributed by atoms with E-state index in [0.717, 1.165) is 0 Å². The molecule has 1 radical (unpaired) electrons. The molecule has 2 aliphatic heterocycles. The summed E-state index contributed by atoms with van der Waals surface area (Å²) >= 11 is 0. The zero-order chi connectivity index (χ0) is 56.7. The molecule has 0 atom stereocenters. The first-order valence-corrected chi connectivity index (χ1v) is 26.5. The van der Waals surface area contributed by atoms with E-state index in [2.05, 4.69) is 0 Å². The van der Waals surface area contributed by atoms with Gasteiger partial charge in [0.25, 0.3) is 0 Å². The zero-order valence-electron chi connectivity index (χ0n) is 43.7. The molecule has 0 amide bonds. The van der Waals surface area contributed by atoms with Crippen LogP contribution in [0.5, 0.6) is 0 Å². The molecule has 0 saturated carbocycles. The fourth-order valence-electron chi connectivity index (χ4n) is 10.2. The van der Waals surface area contributed by atoms with E-state index in [-0.39, 0.29) is 94.6 Å². The summed E-state index contributed by atoms with van der Waals surface area (Å²) in [7, 11) is 0. The summed E-state index contributed by atoms with van der Waals surface area (Å²) in [5, 5.41) is 0. The average molecular weight is 1170 g/mol. The smallest absolute Gasteiger partial charge is 0.656 e. The maximum Gasteiger partial charge on any atom is 2.00 e. The number of pyridine rings is 4. The number of fused-ring (bicyclic) bond motifs is 8. The van der Waals surface area contributed by atoms with E-state index in [1.54, 1.807) is 122 Å². The molecule has 7 aromatic rings. The maximum absolute atomic E-state index is 13.4. The number of hydrogen-bond donors (Lipinski definition) is 0. The van der Waals surface area contributed by atoms with Crippen LogP contribution < -0.4 is 28.2 Å². The molecule has 21 heteroatoms. The minimum absolute atomic E-state index is 0. The Labute approximate surface area is 470 Å². The molecule has 2 aliphatic rings. The van der Waals surface area contributed by atoms with Crippen LogP contribution in [0.2, 0.25) is 0 Å². The van der Waals surface area contributed by atoms with Crippen molar-refractivity contribution < 1.29 is 88.0 Å². The minimum Gasteiger partial charge on any atom is -0.656 e. The number of nitrogens with zero attached hydrogens (tertiary/aromatic N) is 8. The van der Waals surface area contributed by atoms with Gasteiger partial charge in [-0.1, -0.05) is 24.3 Å². The summed E-state index contributed by atoms with van der Waals surface area (Å²) in [6.45, 7) is 0.820. The monoisotopic (exact) mass is 1170 g/mol. The van der Waals surface area contributed by atoms with Gasteiger partial charge in [-0.2, -0.15) is 71.0 Å². The van der Waals surface area contributed by atoms with E-state index in [1.165, 1.54) is 0 Å². The number of alkyl halides is 12. The molecule has 81 heavy (non-hydrogen) atoms. The van der Waals surface area contributed by atoms with Gasteiger partial charge in [0, 0.05) is 99.9 Å². The van der Waals surface area contributed by atoms with Crippen molar-refractivity contribution in [3.05, 3.63) is 145 Å². The Morgan fingerprint density at radius 1 is 0.309 bits per heavy atom. The van der Waals surface area contributed by atoms with Gasteiger partial charge in [0.15, 0.2) is 24.8 Å². The molecule has 423 valence electrons. The molecular weight excluding hydrogens is 1120 g/mol. The van der Waals surface area contributed by atoms with Gasteiger partial charge in [-0.15, -0.1) is 22.1 Å². The fourth-order valence-corrected chi connectivity index (χ4v) is 10.2. The third-order valence-electron chi connectivity index (χ3n) is 13.8. The van der Waals surface area contributed by atoms with Crippen molar-refractivity contribution in [2.24, 2.45) is 0 Å². The Morgan fingerprint density at radius 3 is 0.741 bits per heavy atom. The SMILES string of the molecule is FC(F)(F)CCCC[n+]1ccccc1-c1c2nc(c(-c3cccc[n+]3CCCCC(F)(F)F)c3ccc([n-]3)c(-c3cccc[n+]3CCCCC(F)(F)F)c3nc(c(-c4cccc[n+]4CCCCC(F)(F)F)c4ccc1[n-]4)C=C3)C=C2.[Mn+2]. The Kier molecular flexibility index (Phi) is 19.1. The van der Waals surface area contributed by atoms with Crippen LogP contribution in [0.3, 0.4) is 0 Å². The molecular formula is C60H56F12MnN8+4. The molecule has 7 aromatic heterocycles. The second kappa shape index (κ2) is 25.8. The van der Waals surface area contributed by atoms with Crippen molar-refractivity contribution in [3.63, 3.8) is 0 Å². The summed E-state index contributed by atoms with van der Waals surface area (Å²) in [6, 6.07) is 28.8. The minimum atomic E-state index is -4.34. The van der Waals surface area contributed by atoms with E-state index >= 15 is 0 Å². The number of aromatic nitrogens is 8. The van der Waals surface area contributed by atoms with Crippen LogP contribution in [0.4, 0.5) is 52.7 Å². The molecule has 9 heterocycles. The van der Waals surface area contributed by atoms with E-state index in [9.17, 15) is 52.7 Å². The van der Waals surface area contributed by atoms with Crippen molar-refractivity contribution in [1.82, 2.24) is 19.9 Å². The van der Waals surface area contributed by atoms with Crippen molar-refractivity contribution in [1.29, 1.82) is 0 Å². The third-order valence-corrected chi connectivity index (χ3v) is 13.8. The standard InChI is InChI=1S/C60H56F12N8.Mn/c61-57(62,63)29-5-13-37-77-33-9-1-17-49(77)53-41-21-23-43(73-41)54(50-18-2-10-34-78(50)38-14-6-30-58(64,65)66)45-25-27-47(75-45)56(52-20-4-12-36-80(52)40-16-8-32-60(70,71)72)48-28-26-46(76-48)55(44-24-22-42(53)74-44)51-19-3-11-35-79(51)39-15-7-31-59(67,68)69;/h1-4,9-12,17-28,33-36H,5-8,13-16,29-32,37-40H2;/q2*+2. The number of hydrogen-bond acceptors (Lipinski definition) is 2. The number of aryl methyl sites for hydroxylation is 4. The van der Waals surface area contributed by atoms with Gasteiger partial charge in [0.2, 0.25) is 22.8 Å². The number of unbranched alkanes of at least 4 members (excludes halogenated alkanes) is 4. The zero-order valence-corrected chi connectivity index (χ0v) is 44.8. The molecule has 9 rings (SSSR count). The fraction of sp³-hybridized carbons (Fsp3) is 0.333. The predicted octanol–water partition coefficient (Wildman–Crippen LogP) is 14.7. The Hall–Kier alpha value is -7.12. The third kappa shape index (κ3) is 15.7. The molecule has 0 fully saturated rings. The maximum atomic E-state index is 13.4. The van der Waals surface area contributed by atoms with Crippen molar-refractivity contribution >= 4 is 46.4 Å². The van der Waals surface area contributed by atoms with E-state index < -0.39 is 50.4 Å². The molecule has 8 nitrogen and oxygen atoms in total. The van der Waals surface area contributed by atoms with Crippen molar-refractivity contribution in [3.8, 4) is 45.0 Å². The molecule has 0 spiro atoms. The summed E-state index contributed by atoms with van der Waals surface area (Å²) in [6.07, 6.45) is -6.66. The summed E-state index contributed by atoms with van der Waals surface area (Å²) in [4.78, 5) is 21.2. The molecule has 8 bridgehead atoms. The molecule has 0 saturated heterocycles. The number of rotatable bonds is 20. The van der Waals surface area contributed by atoms with Crippen molar-refractivity contribution in [2.45, 2.75) is 128 Å². The van der Waals surface area contributed by atoms with Gasteiger partial charge in [0.1, 0.15) is 26.2 Å². The van der Waals surface area contributed by atoms with Gasteiger partial charge in [-0.25, -0.2) is 9.97 Å². The van der Waals surface area contributed by atoms with Crippen LogP contribution in [0.1, 0.15) is 99.8 Å². The normalized spacial score (nSPS) is 12.8. The van der Waals surface area contributed by atoms with E-state index in [0.29, 0.717) is 89.9 Å². The first-order chi connectivity index (χ1) is 38.2. The quantitative estimate of drug-likeness (QED) is 0.0330. The van der Waals surface area contributed by atoms with Crippen LogP contribution in [-0.2, 0) is 43.2 Å². The second-order valence-electron chi connectivity index (χ2n) is 19.8. The second-order valence-corrected chi connectivity index (χ2v) is 19.8. The van der Waals surface area contributed by atoms with Gasteiger partial charge in [-0.3, -0.25) is 0 Å². The average Bonchev–Trinajstić information content (AvgIpc) is 4.26. The Morgan fingerprint density at radius 2 is 0.531 bits per heavy atom. The van der Waals surface area contributed by atoms with E-state index in [1.807, 2.05) is 42.5 Å². The largest absolute Gasteiger partial charge is 2.00 e. The van der Waals surface area contributed by atoms with Gasteiger partial charge in [0.05, 0.1) is 45.0 Å². The summed E-state index contributed by atoms with van der Waals surface area (Å²) in [5.74, 6) is 0. The predicted molar refractivity (Wildman–Crippen MR) is 279 cm³/mol. The summed E-state index contributed by atoms with van der Waals surface area (Å²) in [5.41, 5.74) is 7.70. The van der Waals surface area contributed by atoms with Gasteiger partial charge >= 0.3 is 41.8 Å². The first kappa shape index (κ1) is 60.0. The molecule has 0 aromatic carbocycles. The van der Waals surface area contributed by atoms with Crippen LogP contribution in [0.15, 0.2) is 122 Å².